The van der Waals surface area contributed by atoms with E-state index in [1.54, 1.807) is 6.92 Å². The van der Waals surface area contributed by atoms with Crippen LogP contribution >= 0.6 is 0 Å². The van der Waals surface area contributed by atoms with Crippen LogP contribution < -0.4 is 0 Å². The summed E-state index contributed by atoms with van der Waals surface area (Å²) in [6.07, 6.45) is 10.4. The number of hydrogen-bond acceptors (Lipinski definition) is 3. The Labute approximate surface area is 159 Å². The van der Waals surface area contributed by atoms with Gasteiger partial charge in [0.1, 0.15) is 6.10 Å². The minimum atomic E-state index is -0.461. The van der Waals surface area contributed by atoms with Gasteiger partial charge >= 0.3 is 5.97 Å². The molecule has 0 amide bonds. The summed E-state index contributed by atoms with van der Waals surface area (Å²) in [5.74, 6) is 1.25. The van der Waals surface area contributed by atoms with Gasteiger partial charge in [-0.05, 0) is 69.1 Å². The first-order valence-corrected chi connectivity index (χ1v) is 10.5. The lowest BCUT2D eigenvalue weighted by Crippen LogP contribution is -2.19. The van der Waals surface area contributed by atoms with E-state index in [-0.39, 0.29) is 12.1 Å². The van der Waals surface area contributed by atoms with Gasteiger partial charge in [-0.25, -0.2) is 4.79 Å². The summed E-state index contributed by atoms with van der Waals surface area (Å²) in [7, 11) is 0. The van der Waals surface area contributed by atoms with Crippen LogP contribution in [0.2, 0.25) is 0 Å². The third-order valence-corrected chi connectivity index (χ3v) is 5.66. The highest BCUT2D eigenvalue weighted by molar-refractivity contribution is 5.89. The Kier molecular flexibility index (Phi) is 8.64. The second kappa shape index (κ2) is 10.7. The highest BCUT2D eigenvalue weighted by atomic mass is 16.5. The molecule has 0 saturated heterocycles. The monoisotopic (exact) mass is 360 g/mol. The van der Waals surface area contributed by atoms with Crippen LogP contribution in [0.1, 0.15) is 100 Å². The summed E-state index contributed by atoms with van der Waals surface area (Å²) in [6, 6.07) is 7.97. The van der Waals surface area contributed by atoms with Crippen LogP contribution in [0.3, 0.4) is 0 Å². The Hall–Kier alpha value is -1.35. The molecule has 146 valence electrons. The number of aliphatic hydroxyl groups is 1. The van der Waals surface area contributed by atoms with Crippen LogP contribution in [0.15, 0.2) is 24.3 Å². The lowest BCUT2D eigenvalue weighted by molar-refractivity contribution is 0.0222. The molecular weight excluding hydrogens is 324 g/mol. The normalized spacial score (nSPS) is 22.6. The maximum absolute atomic E-state index is 12.2. The van der Waals surface area contributed by atoms with Gasteiger partial charge in [0.25, 0.3) is 0 Å². The molecule has 0 bridgehead atoms. The van der Waals surface area contributed by atoms with Crippen molar-refractivity contribution in [2.45, 2.75) is 96.7 Å². The number of aliphatic hydroxyl groups excluding tert-OH is 1. The van der Waals surface area contributed by atoms with Crippen molar-refractivity contribution in [3.63, 3.8) is 0 Å². The van der Waals surface area contributed by atoms with Crippen molar-refractivity contribution >= 4 is 5.97 Å². The second-order valence-electron chi connectivity index (χ2n) is 8.14. The number of hydrogen-bond donors (Lipinski definition) is 1. The van der Waals surface area contributed by atoms with E-state index < -0.39 is 6.10 Å². The zero-order valence-electron chi connectivity index (χ0n) is 16.7. The van der Waals surface area contributed by atoms with E-state index in [1.807, 2.05) is 19.1 Å². The summed E-state index contributed by atoms with van der Waals surface area (Å²) in [6.45, 7) is 5.79. The predicted molar refractivity (Wildman–Crippen MR) is 106 cm³/mol. The molecule has 1 aliphatic carbocycles. The van der Waals surface area contributed by atoms with E-state index in [0.717, 1.165) is 5.92 Å². The van der Waals surface area contributed by atoms with Crippen LogP contribution in [0.5, 0.6) is 0 Å². The van der Waals surface area contributed by atoms with Crippen molar-refractivity contribution in [2.75, 3.05) is 0 Å². The minimum absolute atomic E-state index is 0.273. The van der Waals surface area contributed by atoms with Crippen LogP contribution in [0.4, 0.5) is 0 Å². The first kappa shape index (κ1) is 21.0. The molecule has 2 unspecified atom stereocenters. The van der Waals surface area contributed by atoms with Crippen molar-refractivity contribution < 1.29 is 14.6 Å². The molecule has 0 aromatic heterocycles. The predicted octanol–water partition coefficient (Wildman–Crippen LogP) is 5.86. The molecule has 1 aromatic rings. The number of carbonyl (C=O) groups is 1. The van der Waals surface area contributed by atoms with Gasteiger partial charge in [-0.3, -0.25) is 0 Å². The molecule has 0 aliphatic heterocycles. The van der Waals surface area contributed by atoms with Gasteiger partial charge in [0.15, 0.2) is 0 Å². The maximum Gasteiger partial charge on any atom is 0.338 e. The molecule has 0 heterocycles. The van der Waals surface area contributed by atoms with Gasteiger partial charge in [0.05, 0.1) is 11.7 Å². The summed E-state index contributed by atoms with van der Waals surface area (Å²) in [4.78, 5) is 12.2. The quantitative estimate of drug-likeness (QED) is 0.443. The average molecular weight is 361 g/mol. The zero-order chi connectivity index (χ0) is 18.9. The summed E-state index contributed by atoms with van der Waals surface area (Å²) >= 11 is 0. The van der Waals surface area contributed by atoms with E-state index in [9.17, 15) is 9.90 Å². The van der Waals surface area contributed by atoms with Crippen molar-refractivity contribution in [2.24, 2.45) is 5.92 Å². The third kappa shape index (κ3) is 6.75. The summed E-state index contributed by atoms with van der Waals surface area (Å²) in [5.41, 5.74) is 1.95. The molecule has 1 N–H and O–H groups in total. The molecule has 1 saturated carbocycles. The summed E-state index contributed by atoms with van der Waals surface area (Å²) < 4.78 is 5.39. The smallest absolute Gasteiger partial charge is 0.338 e. The van der Waals surface area contributed by atoms with Crippen LogP contribution in [0.25, 0.3) is 0 Å². The number of benzene rings is 1. The molecular formula is C23H36O3. The maximum atomic E-state index is 12.2. The van der Waals surface area contributed by atoms with Gasteiger partial charge in [0, 0.05) is 6.42 Å². The Morgan fingerprint density at radius 3 is 2.35 bits per heavy atom. The van der Waals surface area contributed by atoms with E-state index in [0.29, 0.717) is 17.9 Å². The number of ether oxygens (including phenoxy) is 1. The van der Waals surface area contributed by atoms with Crippen LogP contribution in [-0.2, 0) is 4.74 Å². The SMILES string of the molecule is CCCCCC1CCC(c2ccc(C(=O)OC(C)CC(C)O)cc2)CC1. The first-order chi connectivity index (χ1) is 12.5. The van der Waals surface area contributed by atoms with E-state index in [4.69, 9.17) is 4.74 Å². The van der Waals surface area contributed by atoms with Gasteiger partial charge in [-0.2, -0.15) is 0 Å². The fraction of sp³-hybridized carbons (Fsp3) is 0.696. The number of rotatable bonds is 9. The van der Waals surface area contributed by atoms with Crippen molar-refractivity contribution in [3.8, 4) is 0 Å². The molecule has 2 atom stereocenters. The topological polar surface area (TPSA) is 46.5 Å². The standard InChI is InChI=1S/C23H36O3/c1-4-5-6-7-19-8-10-20(11-9-19)21-12-14-22(15-13-21)23(25)26-18(3)16-17(2)24/h12-15,17-20,24H,4-11,16H2,1-3H3. The third-order valence-electron chi connectivity index (χ3n) is 5.66. The summed E-state index contributed by atoms with van der Waals surface area (Å²) in [5, 5.41) is 9.37. The number of carbonyl (C=O) groups excluding carboxylic acids is 1. The van der Waals surface area contributed by atoms with Gasteiger partial charge in [-0.1, -0.05) is 44.7 Å². The number of esters is 1. The molecule has 1 fully saturated rings. The van der Waals surface area contributed by atoms with Crippen molar-refractivity contribution in [1.82, 2.24) is 0 Å². The zero-order valence-corrected chi connectivity index (χ0v) is 16.7. The van der Waals surface area contributed by atoms with Gasteiger partial charge < -0.3 is 9.84 Å². The van der Waals surface area contributed by atoms with Crippen molar-refractivity contribution in [3.05, 3.63) is 35.4 Å². The Morgan fingerprint density at radius 2 is 1.77 bits per heavy atom. The molecule has 1 aromatic carbocycles. The largest absolute Gasteiger partial charge is 0.459 e. The highest BCUT2D eigenvalue weighted by Gasteiger charge is 2.22. The molecule has 3 nitrogen and oxygen atoms in total. The molecule has 26 heavy (non-hydrogen) atoms. The highest BCUT2D eigenvalue weighted by Crippen LogP contribution is 2.37. The van der Waals surface area contributed by atoms with E-state index in [2.05, 4.69) is 19.1 Å². The molecule has 3 heteroatoms. The second-order valence-corrected chi connectivity index (χ2v) is 8.14. The molecule has 2 rings (SSSR count). The fourth-order valence-electron chi connectivity index (χ4n) is 4.14. The number of unbranched alkanes of at least 4 members (excludes halogenated alkanes) is 2. The van der Waals surface area contributed by atoms with Crippen molar-refractivity contribution in [1.29, 1.82) is 0 Å². The first-order valence-electron chi connectivity index (χ1n) is 10.5. The Bertz CT molecular complexity index is 527. The van der Waals surface area contributed by atoms with Gasteiger partial charge in [0.2, 0.25) is 0 Å². The fourth-order valence-corrected chi connectivity index (χ4v) is 4.14. The lowest BCUT2D eigenvalue weighted by atomic mass is 9.77. The van der Waals surface area contributed by atoms with Crippen LogP contribution in [-0.4, -0.2) is 23.3 Å². The Morgan fingerprint density at radius 1 is 1.12 bits per heavy atom. The van der Waals surface area contributed by atoms with Crippen LogP contribution in [0, 0.1) is 5.92 Å². The Balaban J connectivity index is 1.81. The average Bonchev–Trinajstić information content (AvgIpc) is 2.62. The lowest BCUT2D eigenvalue weighted by Gasteiger charge is -2.29. The molecule has 0 spiro atoms. The van der Waals surface area contributed by atoms with E-state index in [1.165, 1.54) is 56.9 Å². The molecule has 1 aliphatic rings. The molecule has 0 radical (unpaired) electrons. The minimum Gasteiger partial charge on any atom is -0.459 e. The van der Waals surface area contributed by atoms with Gasteiger partial charge in [-0.15, -0.1) is 0 Å². The van der Waals surface area contributed by atoms with E-state index >= 15 is 0 Å².